The van der Waals surface area contributed by atoms with Crippen LogP contribution in [-0.4, -0.2) is 13.4 Å². The molecule has 0 radical (unpaired) electrons. The highest BCUT2D eigenvalue weighted by Gasteiger charge is 2.07. The average Bonchev–Trinajstić information content (AvgIpc) is 2.46. The molecule has 0 saturated heterocycles. The van der Waals surface area contributed by atoms with Crippen molar-refractivity contribution in [3.8, 4) is 11.5 Å². The van der Waals surface area contributed by atoms with Crippen LogP contribution in [0.3, 0.4) is 0 Å². The van der Waals surface area contributed by atoms with Gasteiger partial charge in [-0.1, -0.05) is 18.2 Å². The van der Waals surface area contributed by atoms with Crippen molar-refractivity contribution in [3.63, 3.8) is 0 Å². The van der Waals surface area contributed by atoms with Gasteiger partial charge in [-0.05, 0) is 24.3 Å². The average molecular weight is 260 g/mol. The molecule has 0 heterocycles. The van der Waals surface area contributed by atoms with Crippen LogP contribution in [0.15, 0.2) is 42.5 Å². The zero-order chi connectivity index (χ0) is 13.7. The smallest absolute Gasteiger partial charge is 0.153 e. The number of rotatable bonds is 5. The summed E-state index contributed by atoms with van der Waals surface area (Å²) in [6, 6.07) is 11.3. The number of hydrogen-bond donors (Lipinski definition) is 0. The van der Waals surface area contributed by atoms with E-state index in [0.29, 0.717) is 17.8 Å². The maximum absolute atomic E-state index is 13.0. The van der Waals surface area contributed by atoms with Crippen LogP contribution in [0.1, 0.15) is 15.9 Å². The predicted octanol–water partition coefficient (Wildman–Crippen LogP) is 3.23. The summed E-state index contributed by atoms with van der Waals surface area (Å²) in [5.74, 6) is 0.589. The molecule has 0 saturated carbocycles. The van der Waals surface area contributed by atoms with E-state index in [1.165, 1.54) is 12.1 Å². The zero-order valence-corrected chi connectivity index (χ0v) is 10.4. The lowest BCUT2D eigenvalue weighted by atomic mass is 10.2. The minimum atomic E-state index is -0.466. The van der Waals surface area contributed by atoms with E-state index in [4.69, 9.17) is 9.47 Å². The molecule has 19 heavy (non-hydrogen) atoms. The quantitative estimate of drug-likeness (QED) is 0.774. The molecule has 0 aliphatic heterocycles. The van der Waals surface area contributed by atoms with Crippen LogP contribution in [-0.2, 0) is 6.61 Å². The summed E-state index contributed by atoms with van der Waals surface area (Å²) in [5, 5.41) is 0. The summed E-state index contributed by atoms with van der Waals surface area (Å²) in [5.41, 5.74) is 1.04. The highest BCUT2D eigenvalue weighted by Crippen LogP contribution is 2.22. The highest BCUT2D eigenvalue weighted by atomic mass is 19.1. The summed E-state index contributed by atoms with van der Waals surface area (Å²) in [4.78, 5) is 10.8. The van der Waals surface area contributed by atoms with Crippen LogP contribution < -0.4 is 9.47 Å². The fourth-order valence-electron chi connectivity index (χ4n) is 1.72. The van der Waals surface area contributed by atoms with Crippen LogP contribution in [0, 0.1) is 5.82 Å². The van der Waals surface area contributed by atoms with E-state index in [1.54, 1.807) is 7.11 Å². The van der Waals surface area contributed by atoms with Gasteiger partial charge in [-0.15, -0.1) is 0 Å². The number of halogens is 1. The molecule has 0 unspecified atom stereocenters. The SMILES string of the molecule is COc1ccccc1COc1ccc(F)cc1C=O. The Hall–Kier alpha value is -2.36. The van der Waals surface area contributed by atoms with Crippen LogP contribution in [0.2, 0.25) is 0 Å². The summed E-state index contributed by atoms with van der Waals surface area (Å²) < 4.78 is 23.7. The highest BCUT2D eigenvalue weighted by molar-refractivity contribution is 5.79. The fraction of sp³-hybridized carbons (Fsp3) is 0.133. The van der Waals surface area contributed by atoms with Gasteiger partial charge in [-0.2, -0.15) is 0 Å². The van der Waals surface area contributed by atoms with Crippen molar-refractivity contribution in [2.24, 2.45) is 0 Å². The number of para-hydroxylation sites is 1. The van der Waals surface area contributed by atoms with Crippen molar-refractivity contribution in [2.75, 3.05) is 7.11 Å². The van der Waals surface area contributed by atoms with Crippen molar-refractivity contribution < 1.29 is 18.7 Å². The van der Waals surface area contributed by atoms with E-state index in [0.717, 1.165) is 11.6 Å². The van der Waals surface area contributed by atoms with Gasteiger partial charge in [0.2, 0.25) is 0 Å². The predicted molar refractivity (Wildman–Crippen MR) is 69.1 cm³/mol. The number of aldehydes is 1. The molecule has 0 spiro atoms. The van der Waals surface area contributed by atoms with Gasteiger partial charge in [0.05, 0.1) is 12.7 Å². The second-order valence-corrected chi connectivity index (χ2v) is 3.90. The van der Waals surface area contributed by atoms with Crippen LogP contribution in [0.4, 0.5) is 4.39 Å². The molecule has 0 aliphatic carbocycles. The zero-order valence-electron chi connectivity index (χ0n) is 10.4. The monoisotopic (exact) mass is 260 g/mol. The summed E-state index contributed by atoms with van der Waals surface area (Å²) in [7, 11) is 1.58. The molecule has 0 bridgehead atoms. The van der Waals surface area contributed by atoms with Crippen molar-refractivity contribution in [1.82, 2.24) is 0 Å². The van der Waals surface area contributed by atoms with Gasteiger partial charge in [-0.25, -0.2) is 4.39 Å². The van der Waals surface area contributed by atoms with Crippen LogP contribution in [0.5, 0.6) is 11.5 Å². The van der Waals surface area contributed by atoms with E-state index in [9.17, 15) is 9.18 Å². The van der Waals surface area contributed by atoms with Gasteiger partial charge in [0.25, 0.3) is 0 Å². The maximum atomic E-state index is 13.0. The molecule has 2 aromatic carbocycles. The standard InChI is InChI=1S/C15H13FO3/c1-18-14-5-3-2-4-11(14)10-19-15-7-6-13(16)8-12(15)9-17/h2-9H,10H2,1H3. The summed E-state index contributed by atoms with van der Waals surface area (Å²) in [6.45, 7) is 0.247. The second kappa shape index (κ2) is 6.00. The minimum absolute atomic E-state index is 0.190. The molecule has 0 fully saturated rings. The number of carbonyl (C=O) groups excluding carboxylic acids is 1. The van der Waals surface area contributed by atoms with Gasteiger partial charge in [0.1, 0.15) is 23.9 Å². The third kappa shape index (κ3) is 3.10. The molecule has 2 rings (SSSR count). The first-order valence-electron chi connectivity index (χ1n) is 5.74. The normalized spacial score (nSPS) is 10.0. The number of carbonyl (C=O) groups is 1. The number of benzene rings is 2. The molecule has 4 heteroatoms. The molecule has 0 atom stereocenters. The molecular formula is C15H13FO3. The van der Waals surface area contributed by atoms with Gasteiger partial charge < -0.3 is 9.47 Å². The molecular weight excluding hydrogens is 247 g/mol. The van der Waals surface area contributed by atoms with Gasteiger partial charge >= 0.3 is 0 Å². The number of hydrogen-bond acceptors (Lipinski definition) is 3. The van der Waals surface area contributed by atoms with Gasteiger partial charge in [-0.3, -0.25) is 4.79 Å². The van der Waals surface area contributed by atoms with E-state index in [1.807, 2.05) is 24.3 Å². The molecule has 0 amide bonds. The molecule has 3 nitrogen and oxygen atoms in total. The van der Waals surface area contributed by atoms with E-state index < -0.39 is 5.82 Å². The lowest BCUT2D eigenvalue weighted by molar-refractivity contribution is 0.111. The Labute approximate surface area is 110 Å². The Bertz CT molecular complexity index is 581. The Morgan fingerprint density at radius 2 is 1.95 bits per heavy atom. The first-order valence-corrected chi connectivity index (χ1v) is 5.74. The Balaban J connectivity index is 2.16. The third-order valence-electron chi connectivity index (χ3n) is 2.67. The first kappa shape index (κ1) is 13.1. The Morgan fingerprint density at radius 1 is 1.16 bits per heavy atom. The molecule has 0 N–H and O–H groups in total. The van der Waals surface area contributed by atoms with Gasteiger partial charge in [0, 0.05) is 5.56 Å². The van der Waals surface area contributed by atoms with E-state index in [-0.39, 0.29) is 12.2 Å². The lowest BCUT2D eigenvalue weighted by Crippen LogP contribution is -2.00. The topological polar surface area (TPSA) is 35.5 Å². The van der Waals surface area contributed by atoms with Crippen molar-refractivity contribution in [3.05, 3.63) is 59.4 Å². The third-order valence-corrected chi connectivity index (χ3v) is 2.67. The first-order chi connectivity index (χ1) is 9.24. The Kier molecular flexibility index (Phi) is 4.13. The van der Waals surface area contributed by atoms with Gasteiger partial charge in [0.15, 0.2) is 6.29 Å². The van der Waals surface area contributed by atoms with Crippen LogP contribution >= 0.6 is 0 Å². The Morgan fingerprint density at radius 3 is 2.68 bits per heavy atom. The molecule has 2 aromatic rings. The lowest BCUT2D eigenvalue weighted by Gasteiger charge is -2.11. The summed E-state index contributed by atoms with van der Waals surface area (Å²) in [6.07, 6.45) is 0.570. The largest absolute Gasteiger partial charge is 0.496 e. The van der Waals surface area contributed by atoms with Crippen LogP contribution in [0.25, 0.3) is 0 Å². The van der Waals surface area contributed by atoms with Crippen molar-refractivity contribution in [2.45, 2.75) is 6.61 Å². The molecule has 0 aromatic heterocycles. The number of methoxy groups -OCH3 is 1. The van der Waals surface area contributed by atoms with Crippen molar-refractivity contribution >= 4 is 6.29 Å². The second-order valence-electron chi connectivity index (χ2n) is 3.90. The number of ether oxygens (including phenoxy) is 2. The van der Waals surface area contributed by atoms with E-state index >= 15 is 0 Å². The fourth-order valence-corrected chi connectivity index (χ4v) is 1.72. The maximum Gasteiger partial charge on any atom is 0.153 e. The molecule has 98 valence electrons. The molecule has 0 aliphatic rings. The van der Waals surface area contributed by atoms with Crippen molar-refractivity contribution in [1.29, 1.82) is 0 Å². The minimum Gasteiger partial charge on any atom is -0.496 e. The summed E-state index contributed by atoms with van der Waals surface area (Å²) >= 11 is 0. The van der Waals surface area contributed by atoms with E-state index in [2.05, 4.69) is 0 Å².